The van der Waals surface area contributed by atoms with E-state index < -0.39 is 0 Å². The van der Waals surface area contributed by atoms with Crippen LogP contribution in [0.3, 0.4) is 0 Å². The second-order valence-corrected chi connectivity index (χ2v) is 4.26. The first-order chi connectivity index (χ1) is 9.15. The summed E-state index contributed by atoms with van der Waals surface area (Å²) in [6.45, 7) is 5.53. The van der Waals surface area contributed by atoms with Crippen molar-refractivity contribution in [3.8, 4) is 11.5 Å². The van der Waals surface area contributed by atoms with Crippen LogP contribution in [0.2, 0.25) is 0 Å². The molecule has 0 unspecified atom stereocenters. The molecule has 1 amide bonds. The zero-order chi connectivity index (χ0) is 14.3. The summed E-state index contributed by atoms with van der Waals surface area (Å²) < 4.78 is 10.4. The Balaban J connectivity index is 2.65. The molecule has 0 bridgehead atoms. The lowest BCUT2D eigenvalue weighted by Crippen LogP contribution is -2.30. The van der Waals surface area contributed by atoms with Gasteiger partial charge in [0.05, 0.1) is 14.2 Å². The Morgan fingerprint density at radius 1 is 1.11 bits per heavy atom. The molecule has 1 aromatic rings. The largest absolute Gasteiger partial charge is 0.493 e. The molecule has 0 saturated heterocycles. The number of carbonyl (C=O) groups excluding carboxylic acids is 1. The Bertz CT molecular complexity index is 414. The molecule has 0 radical (unpaired) electrons. The van der Waals surface area contributed by atoms with Gasteiger partial charge in [-0.05, 0) is 38.0 Å². The number of aryl methyl sites for hydroxylation is 1. The Morgan fingerprint density at radius 3 is 2.26 bits per heavy atom. The first-order valence-electron chi connectivity index (χ1n) is 6.64. The van der Waals surface area contributed by atoms with Crippen molar-refractivity contribution >= 4 is 5.91 Å². The first kappa shape index (κ1) is 15.3. The van der Waals surface area contributed by atoms with Crippen molar-refractivity contribution in [3.63, 3.8) is 0 Å². The molecule has 19 heavy (non-hydrogen) atoms. The quantitative estimate of drug-likeness (QED) is 0.760. The molecule has 106 valence electrons. The predicted octanol–water partition coefficient (Wildman–Crippen LogP) is 2.50. The van der Waals surface area contributed by atoms with E-state index in [-0.39, 0.29) is 5.91 Å². The molecule has 0 fully saturated rings. The van der Waals surface area contributed by atoms with Gasteiger partial charge in [-0.15, -0.1) is 0 Å². The zero-order valence-corrected chi connectivity index (χ0v) is 12.2. The molecule has 4 nitrogen and oxygen atoms in total. The van der Waals surface area contributed by atoms with Crippen molar-refractivity contribution in [2.24, 2.45) is 0 Å². The van der Waals surface area contributed by atoms with Crippen molar-refractivity contribution in [2.75, 3.05) is 27.3 Å². The van der Waals surface area contributed by atoms with Crippen LogP contribution in [0.25, 0.3) is 0 Å². The number of amides is 1. The average Bonchev–Trinajstić information content (AvgIpc) is 2.45. The van der Waals surface area contributed by atoms with Crippen LogP contribution < -0.4 is 9.47 Å². The number of methoxy groups -OCH3 is 2. The van der Waals surface area contributed by atoms with Gasteiger partial charge in [-0.1, -0.05) is 6.07 Å². The third kappa shape index (κ3) is 4.16. The molecule has 1 aromatic carbocycles. The second-order valence-electron chi connectivity index (χ2n) is 4.26. The first-order valence-corrected chi connectivity index (χ1v) is 6.64. The van der Waals surface area contributed by atoms with Gasteiger partial charge in [-0.2, -0.15) is 0 Å². The van der Waals surface area contributed by atoms with Crippen LogP contribution in [0.1, 0.15) is 25.8 Å². The van der Waals surface area contributed by atoms with Crippen LogP contribution >= 0.6 is 0 Å². The van der Waals surface area contributed by atoms with Gasteiger partial charge in [-0.3, -0.25) is 4.79 Å². The van der Waals surface area contributed by atoms with Gasteiger partial charge >= 0.3 is 0 Å². The Labute approximate surface area is 115 Å². The number of rotatable bonds is 7. The van der Waals surface area contributed by atoms with E-state index in [0.717, 1.165) is 25.1 Å². The zero-order valence-electron chi connectivity index (χ0n) is 12.2. The number of carbonyl (C=O) groups is 1. The summed E-state index contributed by atoms with van der Waals surface area (Å²) in [5.74, 6) is 1.61. The smallest absolute Gasteiger partial charge is 0.222 e. The molecule has 0 atom stereocenters. The molecular weight excluding hydrogens is 242 g/mol. The minimum Gasteiger partial charge on any atom is -0.493 e. The van der Waals surface area contributed by atoms with E-state index in [1.54, 1.807) is 14.2 Å². The molecule has 0 aromatic heterocycles. The average molecular weight is 265 g/mol. The molecule has 0 aliphatic rings. The van der Waals surface area contributed by atoms with E-state index in [1.807, 2.05) is 36.9 Å². The van der Waals surface area contributed by atoms with Crippen molar-refractivity contribution in [1.82, 2.24) is 4.90 Å². The van der Waals surface area contributed by atoms with E-state index in [4.69, 9.17) is 9.47 Å². The van der Waals surface area contributed by atoms with Gasteiger partial charge < -0.3 is 14.4 Å². The highest BCUT2D eigenvalue weighted by molar-refractivity contribution is 5.76. The number of ether oxygens (including phenoxy) is 2. The summed E-state index contributed by atoms with van der Waals surface area (Å²) in [6.07, 6.45) is 1.24. The lowest BCUT2D eigenvalue weighted by Gasteiger charge is -2.18. The van der Waals surface area contributed by atoms with Gasteiger partial charge in [0.25, 0.3) is 0 Å². The summed E-state index contributed by atoms with van der Waals surface area (Å²) in [4.78, 5) is 13.8. The van der Waals surface area contributed by atoms with E-state index in [0.29, 0.717) is 17.9 Å². The summed E-state index contributed by atoms with van der Waals surface area (Å²) >= 11 is 0. The molecule has 0 aliphatic heterocycles. The summed E-state index contributed by atoms with van der Waals surface area (Å²) in [6, 6.07) is 5.77. The Morgan fingerprint density at radius 2 is 1.74 bits per heavy atom. The van der Waals surface area contributed by atoms with Crippen LogP contribution in [0.4, 0.5) is 0 Å². The molecular formula is C15H23NO3. The summed E-state index contributed by atoms with van der Waals surface area (Å²) in [7, 11) is 3.23. The number of benzene rings is 1. The highest BCUT2D eigenvalue weighted by atomic mass is 16.5. The van der Waals surface area contributed by atoms with Crippen molar-refractivity contribution < 1.29 is 14.3 Å². The van der Waals surface area contributed by atoms with Crippen LogP contribution in [0.15, 0.2) is 18.2 Å². The minimum atomic E-state index is 0.194. The monoisotopic (exact) mass is 265 g/mol. The van der Waals surface area contributed by atoms with Crippen LogP contribution in [0, 0.1) is 0 Å². The Kier molecular flexibility index (Phi) is 6.19. The normalized spacial score (nSPS) is 10.1. The molecule has 0 aliphatic carbocycles. The van der Waals surface area contributed by atoms with Gasteiger partial charge in [0.1, 0.15) is 0 Å². The maximum Gasteiger partial charge on any atom is 0.222 e. The van der Waals surface area contributed by atoms with Crippen molar-refractivity contribution in [3.05, 3.63) is 23.8 Å². The molecule has 0 heterocycles. The third-order valence-electron chi connectivity index (χ3n) is 3.19. The molecule has 0 spiro atoms. The molecule has 1 rings (SSSR count). The van der Waals surface area contributed by atoms with Crippen LogP contribution in [-0.4, -0.2) is 38.1 Å². The van der Waals surface area contributed by atoms with Crippen molar-refractivity contribution in [1.29, 1.82) is 0 Å². The summed E-state index contributed by atoms with van der Waals surface area (Å²) in [5.41, 5.74) is 1.08. The fourth-order valence-electron chi connectivity index (χ4n) is 2.02. The maximum absolute atomic E-state index is 11.9. The fourth-order valence-corrected chi connectivity index (χ4v) is 2.02. The fraction of sp³-hybridized carbons (Fsp3) is 0.533. The lowest BCUT2D eigenvalue weighted by molar-refractivity contribution is -0.130. The van der Waals surface area contributed by atoms with E-state index in [1.165, 1.54) is 0 Å². The Hall–Kier alpha value is -1.71. The van der Waals surface area contributed by atoms with Crippen molar-refractivity contribution in [2.45, 2.75) is 26.7 Å². The van der Waals surface area contributed by atoms with E-state index in [2.05, 4.69) is 0 Å². The maximum atomic E-state index is 11.9. The van der Waals surface area contributed by atoms with Gasteiger partial charge in [-0.25, -0.2) is 0 Å². The van der Waals surface area contributed by atoms with Gasteiger partial charge in [0, 0.05) is 19.5 Å². The lowest BCUT2D eigenvalue weighted by atomic mass is 10.1. The highest BCUT2D eigenvalue weighted by Gasteiger charge is 2.10. The molecule has 0 saturated carbocycles. The molecule has 0 N–H and O–H groups in total. The van der Waals surface area contributed by atoms with E-state index >= 15 is 0 Å². The topological polar surface area (TPSA) is 38.8 Å². The SMILES string of the molecule is CCN(CC)C(=O)CCc1ccc(OC)c(OC)c1. The highest BCUT2D eigenvalue weighted by Crippen LogP contribution is 2.27. The van der Waals surface area contributed by atoms with Gasteiger partial charge in [0.2, 0.25) is 5.91 Å². The minimum absolute atomic E-state index is 0.194. The summed E-state index contributed by atoms with van der Waals surface area (Å²) in [5, 5.41) is 0. The van der Waals surface area contributed by atoms with E-state index in [9.17, 15) is 4.79 Å². The standard InChI is InChI=1S/C15H23NO3/c1-5-16(6-2)15(17)10-8-12-7-9-13(18-3)14(11-12)19-4/h7,9,11H,5-6,8,10H2,1-4H3. The second kappa shape index (κ2) is 7.67. The predicted molar refractivity (Wildman–Crippen MR) is 75.8 cm³/mol. The number of hydrogen-bond donors (Lipinski definition) is 0. The number of nitrogens with zero attached hydrogens (tertiary/aromatic N) is 1. The molecule has 4 heteroatoms. The van der Waals surface area contributed by atoms with Crippen LogP contribution in [0.5, 0.6) is 11.5 Å². The number of hydrogen-bond acceptors (Lipinski definition) is 3. The van der Waals surface area contributed by atoms with Crippen LogP contribution in [-0.2, 0) is 11.2 Å². The van der Waals surface area contributed by atoms with Gasteiger partial charge in [0.15, 0.2) is 11.5 Å². The third-order valence-corrected chi connectivity index (χ3v) is 3.19.